The molecule has 0 heterocycles. The maximum absolute atomic E-state index is 11.1. The van der Waals surface area contributed by atoms with E-state index in [-0.39, 0.29) is 0 Å². The number of rotatable bonds is 8. The summed E-state index contributed by atoms with van der Waals surface area (Å²) in [4.78, 5) is 13.2. The van der Waals surface area contributed by atoms with Gasteiger partial charge in [-0.15, -0.1) is 0 Å². The van der Waals surface area contributed by atoms with Gasteiger partial charge in [0, 0.05) is 24.0 Å². The number of nitrogen functional groups attached to an aromatic ring is 1. The third kappa shape index (κ3) is 5.76. The molecule has 2 aromatic carbocycles. The molecule has 0 unspecified atom stereocenters. The fourth-order valence-corrected chi connectivity index (χ4v) is 2.17. The maximum atomic E-state index is 11.1. The fraction of sp³-hybridized carbons (Fsp3) is 0.211. The number of likely N-dealkylation sites (N-methyl/N-ethyl adjacent to an activating group) is 1. The van der Waals surface area contributed by atoms with Crippen molar-refractivity contribution in [1.82, 2.24) is 0 Å². The largest absolute Gasteiger partial charge is 0.461 e. The Balaban J connectivity index is 1.96. The van der Waals surface area contributed by atoms with Crippen LogP contribution in [0.4, 0.5) is 22.7 Å². The molecule has 0 saturated heterocycles. The fourth-order valence-electron chi connectivity index (χ4n) is 2.17. The molecule has 25 heavy (non-hydrogen) atoms. The SMILES string of the molecule is C=CC(=O)OCCN(CC)c1ccc(/N=N/c2ccc(N)cc2)cc1. The minimum absolute atomic E-state index is 0.317. The lowest BCUT2D eigenvalue weighted by atomic mass is 10.2. The van der Waals surface area contributed by atoms with Gasteiger partial charge in [0.1, 0.15) is 6.61 Å². The van der Waals surface area contributed by atoms with E-state index >= 15 is 0 Å². The first-order valence-electron chi connectivity index (χ1n) is 8.04. The van der Waals surface area contributed by atoms with Crippen LogP contribution in [0.5, 0.6) is 0 Å². The minimum Gasteiger partial charge on any atom is -0.461 e. The van der Waals surface area contributed by atoms with Crippen LogP contribution in [0.3, 0.4) is 0 Å². The van der Waals surface area contributed by atoms with Crippen LogP contribution in [0.15, 0.2) is 71.4 Å². The van der Waals surface area contributed by atoms with Crippen LogP contribution in [0.25, 0.3) is 0 Å². The normalized spacial score (nSPS) is 10.6. The summed E-state index contributed by atoms with van der Waals surface area (Å²) < 4.78 is 5.02. The van der Waals surface area contributed by atoms with E-state index < -0.39 is 5.97 Å². The lowest BCUT2D eigenvalue weighted by Gasteiger charge is -2.22. The van der Waals surface area contributed by atoms with Gasteiger partial charge in [0.15, 0.2) is 0 Å². The lowest BCUT2D eigenvalue weighted by molar-refractivity contribution is -0.137. The van der Waals surface area contributed by atoms with E-state index in [9.17, 15) is 4.79 Å². The van der Waals surface area contributed by atoms with Crippen LogP contribution in [0.1, 0.15) is 6.92 Å². The summed E-state index contributed by atoms with van der Waals surface area (Å²) >= 11 is 0. The van der Waals surface area contributed by atoms with Crippen molar-refractivity contribution in [1.29, 1.82) is 0 Å². The topological polar surface area (TPSA) is 80.3 Å². The quantitative estimate of drug-likeness (QED) is 0.338. The van der Waals surface area contributed by atoms with E-state index in [4.69, 9.17) is 10.5 Å². The Morgan fingerprint density at radius 2 is 1.68 bits per heavy atom. The number of esters is 1. The summed E-state index contributed by atoms with van der Waals surface area (Å²) in [6.07, 6.45) is 1.16. The Bertz CT molecular complexity index is 724. The number of carbonyl (C=O) groups is 1. The Kier molecular flexibility index (Phi) is 6.71. The summed E-state index contributed by atoms with van der Waals surface area (Å²) in [5.74, 6) is -0.408. The van der Waals surface area contributed by atoms with Crippen LogP contribution < -0.4 is 10.6 Å². The molecule has 0 fully saturated rings. The average Bonchev–Trinajstić information content (AvgIpc) is 2.65. The van der Waals surface area contributed by atoms with E-state index in [0.29, 0.717) is 18.8 Å². The second-order valence-electron chi connectivity index (χ2n) is 5.26. The second kappa shape index (κ2) is 9.22. The highest BCUT2D eigenvalue weighted by molar-refractivity contribution is 5.81. The number of hydrogen-bond acceptors (Lipinski definition) is 6. The molecule has 0 aromatic heterocycles. The zero-order valence-corrected chi connectivity index (χ0v) is 14.3. The van der Waals surface area contributed by atoms with Crippen molar-refractivity contribution >= 4 is 28.7 Å². The van der Waals surface area contributed by atoms with Gasteiger partial charge in [-0.3, -0.25) is 0 Å². The highest BCUT2D eigenvalue weighted by atomic mass is 16.5. The van der Waals surface area contributed by atoms with Crippen molar-refractivity contribution in [2.75, 3.05) is 30.3 Å². The van der Waals surface area contributed by atoms with Gasteiger partial charge in [0.2, 0.25) is 0 Å². The van der Waals surface area contributed by atoms with Crippen LogP contribution >= 0.6 is 0 Å². The molecule has 0 aliphatic rings. The maximum Gasteiger partial charge on any atom is 0.330 e. The van der Waals surface area contributed by atoms with Gasteiger partial charge in [0.05, 0.1) is 17.9 Å². The summed E-state index contributed by atoms with van der Waals surface area (Å²) in [5.41, 5.74) is 8.88. The molecule has 2 aromatic rings. The van der Waals surface area contributed by atoms with Gasteiger partial charge in [-0.2, -0.15) is 10.2 Å². The molecular formula is C19H22N4O2. The van der Waals surface area contributed by atoms with Crippen molar-refractivity contribution < 1.29 is 9.53 Å². The number of carbonyl (C=O) groups excluding carboxylic acids is 1. The van der Waals surface area contributed by atoms with Gasteiger partial charge < -0.3 is 15.4 Å². The van der Waals surface area contributed by atoms with Crippen LogP contribution in [-0.2, 0) is 9.53 Å². The van der Waals surface area contributed by atoms with Crippen molar-refractivity contribution in [3.63, 3.8) is 0 Å². The monoisotopic (exact) mass is 338 g/mol. The molecule has 2 N–H and O–H groups in total. The van der Waals surface area contributed by atoms with E-state index in [2.05, 4.69) is 21.7 Å². The third-order valence-electron chi connectivity index (χ3n) is 3.54. The molecule has 130 valence electrons. The number of hydrogen-bond donors (Lipinski definition) is 1. The molecule has 2 rings (SSSR count). The van der Waals surface area contributed by atoms with E-state index in [1.165, 1.54) is 0 Å². The number of anilines is 2. The first-order chi connectivity index (χ1) is 12.1. The Morgan fingerprint density at radius 1 is 1.12 bits per heavy atom. The molecule has 6 nitrogen and oxygen atoms in total. The van der Waals surface area contributed by atoms with Gasteiger partial charge >= 0.3 is 5.97 Å². The summed E-state index contributed by atoms with van der Waals surface area (Å²) in [5, 5.41) is 8.39. The molecule has 0 aliphatic carbocycles. The smallest absolute Gasteiger partial charge is 0.330 e. The van der Waals surface area contributed by atoms with Gasteiger partial charge in [0.25, 0.3) is 0 Å². The van der Waals surface area contributed by atoms with Crippen molar-refractivity contribution in [3.05, 3.63) is 61.2 Å². The third-order valence-corrected chi connectivity index (χ3v) is 3.54. The van der Waals surface area contributed by atoms with Crippen molar-refractivity contribution in [2.45, 2.75) is 6.92 Å². The number of ether oxygens (including phenoxy) is 1. The van der Waals surface area contributed by atoms with E-state index in [1.807, 2.05) is 43.3 Å². The molecule has 0 atom stereocenters. The zero-order valence-electron chi connectivity index (χ0n) is 14.3. The first kappa shape index (κ1) is 18.2. The average molecular weight is 338 g/mol. The van der Waals surface area contributed by atoms with Crippen LogP contribution in [0, 0.1) is 0 Å². The Morgan fingerprint density at radius 3 is 2.20 bits per heavy atom. The summed E-state index contributed by atoms with van der Waals surface area (Å²) in [7, 11) is 0. The van der Waals surface area contributed by atoms with Gasteiger partial charge in [-0.1, -0.05) is 6.58 Å². The molecular weight excluding hydrogens is 316 g/mol. The Labute approximate surface area is 147 Å². The molecule has 0 spiro atoms. The first-order valence-corrected chi connectivity index (χ1v) is 8.04. The van der Waals surface area contributed by atoms with Gasteiger partial charge in [-0.25, -0.2) is 4.79 Å². The predicted molar refractivity (Wildman–Crippen MR) is 101 cm³/mol. The number of nitrogens with two attached hydrogens (primary N) is 1. The second-order valence-corrected chi connectivity index (χ2v) is 5.26. The number of azo groups is 1. The molecule has 6 heteroatoms. The predicted octanol–water partition coefficient (Wildman–Crippen LogP) is 4.24. The standard InChI is InChI=1S/C19H22N4O2/c1-3-19(24)25-14-13-23(4-2)18-11-9-17(10-12-18)22-21-16-7-5-15(20)6-8-16/h3,5-12H,1,4,13-14,20H2,2H3/b22-21+. The molecule has 0 amide bonds. The number of nitrogens with zero attached hydrogens (tertiary/aromatic N) is 3. The van der Waals surface area contributed by atoms with Crippen LogP contribution in [-0.4, -0.2) is 25.7 Å². The molecule has 0 radical (unpaired) electrons. The highest BCUT2D eigenvalue weighted by Crippen LogP contribution is 2.22. The molecule has 0 bridgehead atoms. The zero-order chi connectivity index (χ0) is 18.1. The number of benzene rings is 2. The van der Waals surface area contributed by atoms with Crippen molar-refractivity contribution in [3.8, 4) is 0 Å². The summed E-state index contributed by atoms with van der Waals surface area (Å²) in [6.45, 7) is 7.16. The lowest BCUT2D eigenvalue weighted by Crippen LogP contribution is -2.27. The van der Waals surface area contributed by atoms with Crippen molar-refractivity contribution in [2.24, 2.45) is 10.2 Å². The Hall–Kier alpha value is -3.15. The highest BCUT2D eigenvalue weighted by Gasteiger charge is 2.05. The van der Waals surface area contributed by atoms with Crippen LogP contribution in [0.2, 0.25) is 0 Å². The molecule has 0 saturated carbocycles. The molecule has 0 aliphatic heterocycles. The minimum atomic E-state index is -0.408. The van der Waals surface area contributed by atoms with E-state index in [1.54, 1.807) is 12.1 Å². The van der Waals surface area contributed by atoms with E-state index in [0.717, 1.165) is 29.7 Å². The van der Waals surface area contributed by atoms with Gasteiger partial charge in [-0.05, 0) is 55.5 Å². The summed E-state index contributed by atoms with van der Waals surface area (Å²) in [6, 6.07) is 14.9.